The van der Waals surface area contributed by atoms with Gasteiger partial charge in [-0.2, -0.15) is 0 Å². The Morgan fingerprint density at radius 3 is 2.09 bits per heavy atom. The van der Waals surface area contributed by atoms with Crippen LogP contribution in [0, 0.1) is 0 Å². The van der Waals surface area contributed by atoms with Gasteiger partial charge in [0.15, 0.2) is 5.16 Å². The maximum atomic E-state index is 12.8. The minimum Gasteiger partial charge on any atom is -0.494 e. The Hall–Kier alpha value is -3.58. The van der Waals surface area contributed by atoms with Gasteiger partial charge in [0.25, 0.3) is 0 Å². The first-order valence-electron chi connectivity index (χ1n) is 11.3. The van der Waals surface area contributed by atoms with Crippen molar-refractivity contribution >= 4 is 23.4 Å². The molecule has 4 aromatic rings. The Morgan fingerprint density at radius 2 is 1.53 bits per heavy atom. The second-order valence-electron chi connectivity index (χ2n) is 7.86. The van der Waals surface area contributed by atoms with E-state index in [0.717, 1.165) is 28.4 Å². The Kier molecular flexibility index (Phi) is 7.65. The molecule has 0 saturated heterocycles. The molecular formula is C27H28N4O2S. The van der Waals surface area contributed by atoms with Crippen LogP contribution in [0.2, 0.25) is 0 Å². The fourth-order valence-electron chi connectivity index (χ4n) is 3.72. The highest BCUT2D eigenvalue weighted by atomic mass is 32.2. The minimum atomic E-state index is -0.353. The van der Waals surface area contributed by atoms with E-state index in [2.05, 4.69) is 39.8 Å². The predicted molar refractivity (Wildman–Crippen MR) is 136 cm³/mol. The first-order chi connectivity index (χ1) is 16.6. The number of carbonyl (C=O) groups is 1. The van der Waals surface area contributed by atoms with E-state index in [4.69, 9.17) is 4.74 Å². The van der Waals surface area contributed by atoms with Gasteiger partial charge < -0.3 is 14.6 Å². The lowest BCUT2D eigenvalue weighted by Crippen LogP contribution is -2.22. The monoisotopic (exact) mass is 472 g/mol. The highest BCUT2D eigenvalue weighted by molar-refractivity contribution is 8.00. The van der Waals surface area contributed by atoms with E-state index in [1.807, 2.05) is 86.1 Å². The zero-order chi connectivity index (χ0) is 23.9. The third-order valence-electron chi connectivity index (χ3n) is 5.48. The first-order valence-corrected chi connectivity index (χ1v) is 12.1. The number of ether oxygens (including phenoxy) is 1. The average molecular weight is 473 g/mol. The molecule has 0 bridgehead atoms. The molecular weight excluding hydrogens is 444 g/mol. The van der Waals surface area contributed by atoms with Gasteiger partial charge in [0.05, 0.1) is 17.8 Å². The molecule has 0 aliphatic rings. The van der Waals surface area contributed by atoms with Crippen LogP contribution in [0.1, 0.15) is 36.7 Å². The predicted octanol–water partition coefficient (Wildman–Crippen LogP) is 5.51. The summed E-state index contributed by atoms with van der Waals surface area (Å²) in [6.45, 7) is 4.41. The molecule has 34 heavy (non-hydrogen) atoms. The molecule has 1 aromatic heterocycles. The zero-order valence-corrected chi connectivity index (χ0v) is 20.3. The largest absolute Gasteiger partial charge is 0.494 e. The summed E-state index contributed by atoms with van der Waals surface area (Å²) >= 11 is 1.39. The number of carbonyl (C=O) groups excluding carboxylic acids is 1. The summed E-state index contributed by atoms with van der Waals surface area (Å²) in [5.41, 5.74) is 3.01. The van der Waals surface area contributed by atoms with Gasteiger partial charge in [-0.05, 0) is 49.2 Å². The van der Waals surface area contributed by atoms with Crippen molar-refractivity contribution < 1.29 is 9.53 Å². The Morgan fingerprint density at radius 1 is 0.941 bits per heavy atom. The lowest BCUT2D eigenvalue weighted by molar-refractivity contribution is -0.115. The Balaban J connectivity index is 1.51. The summed E-state index contributed by atoms with van der Waals surface area (Å²) in [7, 11) is 1.95. The van der Waals surface area contributed by atoms with Crippen LogP contribution in [0.5, 0.6) is 5.75 Å². The summed E-state index contributed by atoms with van der Waals surface area (Å²) in [6, 6.07) is 27.9. The van der Waals surface area contributed by atoms with Gasteiger partial charge in [-0.3, -0.25) is 4.79 Å². The van der Waals surface area contributed by atoms with Crippen molar-refractivity contribution in [2.24, 2.45) is 7.05 Å². The first kappa shape index (κ1) is 23.6. The number of anilines is 1. The van der Waals surface area contributed by atoms with Crippen molar-refractivity contribution in [3.8, 4) is 5.75 Å². The summed E-state index contributed by atoms with van der Waals surface area (Å²) in [6.07, 6.45) is 0. The van der Waals surface area contributed by atoms with Crippen molar-refractivity contribution in [1.29, 1.82) is 0 Å². The van der Waals surface area contributed by atoms with Crippen LogP contribution in [0.4, 0.5) is 5.69 Å². The molecule has 0 spiro atoms. The third-order valence-corrected chi connectivity index (χ3v) is 6.61. The van der Waals surface area contributed by atoms with Crippen LogP contribution in [0.25, 0.3) is 0 Å². The van der Waals surface area contributed by atoms with Gasteiger partial charge in [-0.25, -0.2) is 0 Å². The summed E-state index contributed by atoms with van der Waals surface area (Å²) in [5, 5.41) is 12.3. The van der Waals surface area contributed by atoms with Crippen molar-refractivity contribution in [2.75, 3.05) is 11.9 Å². The van der Waals surface area contributed by atoms with E-state index in [9.17, 15) is 4.79 Å². The van der Waals surface area contributed by atoms with Crippen LogP contribution in [0.3, 0.4) is 0 Å². The topological polar surface area (TPSA) is 69.0 Å². The van der Waals surface area contributed by atoms with Crippen molar-refractivity contribution in [2.45, 2.75) is 30.2 Å². The highest BCUT2D eigenvalue weighted by Gasteiger charge is 2.25. The highest BCUT2D eigenvalue weighted by Crippen LogP contribution is 2.33. The molecule has 0 fully saturated rings. The molecule has 6 nitrogen and oxygen atoms in total. The second kappa shape index (κ2) is 11.0. The smallest absolute Gasteiger partial charge is 0.237 e. The number of rotatable bonds is 9. The number of hydrogen-bond donors (Lipinski definition) is 1. The number of aromatic nitrogens is 3. The quantitative estimate of drug-likeness (QED) is 0.325. The molecule has 1 atom stereocenters. The van der Waals surface area contributed by atoms with Crippen molar-refractivity contribution in [3.63, 3.8) is 0 Å². The van der Waals surface area contributed by atoms with Gasteiger partial charge in [0, 0.05) is 12.7 Å². The molecule has 1 N–H and O–H groups in total. The van der Waals surface area contributed by atoms with E-state index in [1.54, 1.807) is 0 Å². The SMILES string of the molecule is CCOc1ccc(NC(=O)C(C)Sc2nnc(C(c3ccccc3)c3ccccc3)n2C)cc1. The third kappa shape index (κ3) is 5.48. The van der Waals surface area contributed by atoms with Gasteiger partial charge in [-0.1, -0.05) is 72.4 Å². The minimum absolute atomic E-state index is 0.0535. The lowest BCUT2D eigenvalue weighted by atomic mass is 9.90. The summed E-state index contributed by atoms with van der Waals surface area (Å²) in [5.74, 6) is 1.46. The number of benzene rings is 3. The van der Waals surface area contributed by atoms with Gasteiger partial charge >= 0.3 is 0 Å². The molecule has 4 rings (SSSR count). The zero-order valence-electron chi connectivity index (χ0n) is 19.5. The van der Waals surface area contributed by atoms with Gasteiger partial charge in [0.2, 0.25) is 5.91 Å². The molecule has 7 heteroatoms. The van der Waals surface area contributed by atoms with Crippen LogP contribution in [-0.2, 0) is 11.8 Å². The molecule has 174 valence electrons. The molecule has 0 saturated carbocycles. The lowest BCUT2D eigenvalue weighted by Gasteiger charge is -2.18. The summed E-state index contributed by atoms with van der Waals surface area (Å²) in [4.78, 5) is 12.8. The van der Waals surface area contributed by atoms with Crippen LogP contribution in [0.15, 0.2) is 90.1 Å². The maximum Gasteiger partial charge on any atom is 0.237 e. The maximum absolute atomic E-state index is 12.8. The van der Waals surface area contributed by atoms with E-state index in [1.165, 1.54) is 11.8 Å². The number of nitrogens with one attached hydrogen (secondary N) is 1. The summed E-state index contributed by atoms with van der Waals surface area (Å²) < 4.78 is 7.44. The molecule has 1 heterocycles. The molecule has 0 aliphatic carbocycles. The second-order valence-corrected chi connectivity index (χ2v) is 9.17. The molecule has 0 radical (unpaired) electrons. The fourth-order valence-corrected chi connectivity index (χ4v) is 4.54. The molecule has 1 amide bonds. The average Bonchev–Trinajstić information content (AvgIpc) is 3.21. The Labute approximate surface area is 204 Å². The van der Waals surface area contributed by atoms with Gasteiger partial charge in [-0.15, -0.1) is 10.2 Å². The fraction of sp³-hybridized carbons (Fsp3) is 0.222. The number of thioether (sulfide) groups is 1. The van der Waals surface area contributed by atoms with E-state index >= 15 is 0 Å². The molecule has 1 unspecified atom stereocenters. The van der Waals surface area contributed by atoms with Gasteiger partial charge in [0.1, 0.15) is 11.6 Å². The van der Waals surface area contributed by atoms with E-state index < -0.39 is 0 Å². The normalized spacial score (nSPS) is 11.9. The van der Waals surface area contributed by atoms with Crippen molar-refractivity contribution in [1.82, 2.24) is 14.8 Å². The van der Waals surface area contributed by atoms with Crippen LogP contribution < -0.4 is 10.1 Å². The van der Waals surface area contributed by atoms with E-state index in [-0.39, 0.29) is 17.1 Å². The molecule has 0 aliphatic heterocycles. The Bertz CT molecular complexity index is 1170. The molecule has 3 aromatic carbocycles. The van der Waals surface area contributed by atoms with Crippen molar-refractivity contribution in [3.05, 3.63) is 102 Å². The van der Waals surface area contributed by atoms with E-state index in [0.29, 0.717) is 11.8 Å². The number of nitrogens with zero attached hydrogens (tertiary/aromatic N) is 3. The number of amides is 1. The number of hydrogen-bond acceptors (Lipinski definition) is 5. The van der Waals surface area contributed by atoms with Crippen LogP contribution in [-0.4, -0.2) is 32.5 Å². The standard InChI is InChI=1S/C27H28N4O2S/c1-4-33-23-17-15-22(16-18-23)28-26(32)19(2)34-27-30-29-25(31(27)3)24(20-11-7-5-8-12-20)21-13-9-6-10-14-21/h5-19,24H,4H2,1-3H3,(H,28,32). The van der Waals surface area contributed by atoms with Crippen LogP contribution >= 0.6 is 11.8 Å².